The maximum atomic E-state index is 13.5. The molecule has 34 heavy (non-hydrogen) atoms. The third kappa shape index (κ3) is 4.73. The molecule has 1 aliphatic rings. The summed E-state index contributed by atoms with van der Waals surface area (Å²) in [5, 5.41) is 11.6. The molecular formula is C25H19F4NO4. The molecular weight excluding hydrogens is 454 g/mol. The number of aliphatic carboxylic acids is 1. The van der Waals surface area contributed by atoms with Crippen LogP contribution in [0.5, 0.6) is 0 Å². The lowest BCUT2D eigenvalue weighted by molar-refractivity contribution is -0.140. The molecule has 0 radical (unpaired) electrons. The Morgan fingerprint density at radius 2 is 1.56 bits per heavy atom. The lowest BCUT2D eigenvalue weighted by Crippen LogP contribution is -2.43. The molecule has 2 N–H and O–H groups in total. The Morgan fingerprint density at radius 3 is 2.12 bits per heavy atom. The minimum atomic E-state index is -4.93. The van der Waals surface area contributed by atoms with Gasteiger partial charge in [0.1, 0.15) is 18.5 Å². The van der Waals surface area contributed by atoms with Gasteiger partial charge in [-0.25, -0.2) is 14.0 Å². The SMILES string of the molecule is O=C(N[C@@H](Cc1ccc(F)c(C(F)(F)F)c1)C(=O)O)OCC1c2ccccc2-c2ccccc21. The van der Waals surface area contributed by atoms with Crippen LogP contribution in [0.2, 0.25) is 0 Å². The summed E-state index contributed by atoms with van der Waals surface area (Å²) in [7, 11) is 0. The Morgan fingerprint density at radius 1 is 0.971 bits per heavy atom. The van der Waals surface area contributed by atoms with Crippen molar-refractivity contribution in [1.82, 2.24) is 5.32 Å². The molecule has 0 saturated carbocycles. The second-order valence-electron chi connectivity index (χ2n) is 7.88. The molecule has 0 heterocycles. The highest BCUT2D eigenvalue weighted by Crippen LogP contribution is 2.44. The molecule has 1 atom stereocenters. The average Bonchev–Trinajstić information content (AvgIpc) is 3.11. The molecule has 0 saturated heterocycles. The number of alkyl carbamates (subject to hydrolysis) is 1. The number of alkyl halides is 3. The predicted molar refractivity (Wildman–Crippen MR) is 115 cm³/mol. The molecule has 3 aromatic rings. The molecule has 4 rings (SSSR count). The standard InChI is InChI=1S/C25H19F4NO4/c26-21-10-9-14(11-20(21)25(27,28)29)12-22(23(31)32)30-24(33)34-13-19-17-7-3-1-5-15(17)16-6-2-4-8-18(16)19/h1-11,19,22H,12-13H2,(H,30,33)(H,31,32)/t22-/m0/s1. The van der Waals surface area contributed by atoms with Crippen LogP contribution in [-0.4, -0.2) is 29.8 Å². The molecule has 1 aliphatic carbocycles. The van der Waals surface area contributed by atoms with E-state index in [1.54, 1.807) is 0 Å². The molecule has 0 bridgehead atoms. The summed E-state index contributed by atoms with van der Waals surface area (Å²) >= 11 is 0. The van der Waals surface area contributed by atoms with Gasteiger partial charge in [-0.15, -0.1) is 0 Å². The maximum Gasteiger partial charge on any atom is 0.419 e. The van der Waals surface area contributed by atoms with Crippen molar-refractivity contribution in [2.45, 2.75) is 24.6 Å². The first-order valence-electron chi connectivity index (χ1n) is 10.3. The summed E-state index contributed by atoms with van der Waals surface area (Å²) < 4.78 is 57.7. The highest BCUT2D eigenvalue weighted by molar-refractivity contribution is 5.81. The van der Waals surface area contributed by atoms with Crippen molar-refractivity contribution in [1.29, 1.82) is 0 Å². The van der Waals surface area contributed by atoms with Crippen LogP contribution in [0.1, 0.15) is 28.2 Å². The van der Waals surface area contributed by atoms with E-state index in [-0.39, 0.29) is 18.1 Å². The molecule has 0 fully saturated rings. The number of rotatable bonds is 6. The second kappa shape index (κ2) is 9.17. The Bertz CT molecular complexity index is 1200. The van der Waals surface area contributed by atoms with Crippen LogP contribution in [0.3, 0.4) is 0 Å². The van der Waals surface area contributed by atoms with Gasteiger partial charge in [-0.05, 0) is 39.9 Å². The minimum Gasteiger partial charge on any atom is -0.480 e. The van der Waals surface area contributed by atoms with Gasteiger partial charge in [-0.3, -0.25) is 0 Å². The monoisotopic (exact) mass is 473 g/mol. The number of carboxylic acid groups (broad SMARTS) is 1. The average molecular weight is 473 g/mol. The van der Waals surface area contributed by atoms with Crippen molar-refractivity contribution >= 4 is 12.1 Å². The lowest BCUT2D eigenvalue weighted by Gasteiger charge is -2.18. The van der Waals surface area contributed by atoms with Crippen molar-refractivity contribution in [3.8, 4) is 11.1 Å². The van der Waals surface area contributed by atoms with Gasteiger partial charge >= 0.3 is 18.2 Å². The summed E-state index contributed by atoms with van der Waals surface area (Å²) in [6.45, 7) is -0.0546. The Kier molecular flexibility index (Phi) is 6.28. The lowest BCUT2D eigenvalue weighted by atomic mass is 9.98. The maximum absolute atomic E-state index is 13.5. The van der Waals surface area contributed by atoms with E-state index >= 15 is 0 Å². The Hall–Kier alpha value is -3.88. The number of carbonyl (C=O) groups excluding carboxylic acids is 1. The van der Waals surface area contributed by atoms with Gasteiger partial charge in [-0.2, -0.15) is 13.2 Å². The van der Waals surface area contributed by atoms with E-state index < -0.39 is 42.1 Å². The fourth-order valence-corrected chi connectivity index (χ4v) is 4.13. The van der Waals surface area contributed by atoms with Crippen LogP contribution >= 0.6 is 0 Å². The van der Waals surface area contributed by atoms with Gasteiger partial charge in [0.15, 0.2) is 0 Å². The fraction of sp³-hybridized carbons (Fsp3) is 0.200. The number of carboxylic acids is 1. The summed E-state index contributed by atoms with van der Waals surface area (Å²) in [5.74, 6) is -3.17. The van der Waals surface area contributed by atoms with E-state index in [2.05, 4.69) is 5.32 Å². The third-order valence-corrected chi connectivity index (χ3v) is 5.71. The highest BCUT2D eigenvalue weighted by Gasteiger charge is 2.35. The molecule has 0 aromatic heterocycles. The first kappa shape index (κ1) is 23.3. The number of ether oxygens (including phenoxy) is 1. The van der Waals surface area contributed by atoms with Crippen molar-refractivity contribution in [3.63, 3.8) is 0 Å². The second-order valence-corrected chi connectivity index (χ2v) is 7.88. The molecule has 176 valence electrons. The minimum absolute atomic E-state index is 0.0546. The van der Waals surface area contributed by atoms with Crippen LogP contribution in [0, 0.1) is 5.82 Å². The summed E-state index contributed by atoms with van der Waals surface area (Å²) in [4.78, 5) is 24.0. The third-order valence-electron chi connectivity index (χ3n) is 5.71. The van der Waals surface area contributed by atoms with E-state index in [1.165, 1.54) is 0 Å². The van der Waals surface area contributed by atoms with Crippen molar-refractivity contribution < 1.29 is 37.0 Å². The topological polar surface area (TPSA) is 75.6 Å². The van der Waals surface area contributed by atoms with Crippen LogP contribution in [0.15, 0.2) is 66.7 Å². The first-order chi connectivity index (χ1) is 16.1. The molecule has 5 nitrogen and oxygen atoms in total. The molecule has 0 spiro atoms. The molecule has 1 amide bonds. The van der Waals surface area contributed by atoms with E-state index in [9.17, 15) is 32.3 Å². The Labute approximate surface area is 192 Å². The van der Waals surface area contributed by atoms with Crippen molar-refractivity contribution in [3.05, 3.63) is 94.8 Å². The molecule has 0 aliphatic heterocycles. The van der Waals surface area contributed by atoms with Gasteiger partial charge in [0.25, 0.3) is 0 Å². The van der Waals surface area contributed by atoms with Crippen molar-refractivity contribution in [2.75, 3.05) is 6.61 Å². The van der Waals surface area contributed by atoms with E-state index in [1.807, 2.05) is 48.5 Å². The van der Waals surface area contributed by atoms with Crippen LogP contribution < -0.4 is 5.32 Å². The first-order valence-corrected chi connectivity index (χ1v) is 10.3. The quantitative estimate of drug-likeness (QED) is 0.472. The van der Waals surface area contributed by atoms with Crippen LogP contribution in [0.25, 0.3) is 11.1 Å². The summed E-state index contributed by atoms with van der Waals surface area (Å²) in [6, 6.07) is 16.0. The number of benzene rings is 3. The van der Waals surface area contributed by atoms with Gasteiger partial charge in [0.05, 0.1) is 5.56 Å². The molecule has 0 unspecified atom stereocenters. The van der Waals surface area contributed by atoms with Gasteiger partial charge in [0.2, 0.25) is 0 Å². The van der Waals surface area contributed by atoms with Gasteiger partial charge in [-0.1, -0.05) is 54.6 Å². The highest BCUT2D eigenvalue weighted by atomic mass is 19.4. The van der Waals surface area contributed by atoms with Crippen molar-refractivity contribution in [2.24, 2.45) is 0 Å². The summed E-state index contributed by atoms with van der Waals surface area (Å²) in [5.41, 5.74) is 2.38. The predicted octanol–water partition coefficient (Wildman–Crippen LogP) is 5.38. The van der Waals surface area contributed by atoms with E-state index in [4.69, 9.17) is 4.74 Å². The number of hydrogen-bond donors (Lipinski definition) is 2. The number of amides is 1. The Balaban J connectivity index is 1.44. The van der Waals surface area contributed by atoms with Gasteiger partial charge in [0, 0.05) is 12.3 Å². The van der Waals surface area contributed by atoms with Crippen LogP contribution in [-0.2, 0) is 22.1 Å². The number of carbonyl (C=O) groups is 2. The van der Waals surface area contributed by atoms with Crippen LogP contribution in [0.4, 0.5) is 22.4 Å². The smallest absolute Gasteiger partial charge is 0.419 e. The zero-order valence-corrected chi connectivity index (χ0v) is 17.6. The number of nitrogens with one attached hydrogen (secondary N) is 1. The fourth-order valence-electron chi connectivity index (χ4n) is 4.13. The van der Waals surface area contributed by atoms with E-state index in [0.717, 1.165) is 28.3 Å². The number of fused-ring (bicyclic) bond motifs is 3. The zero-order chi connectivity index (χ0) is 24.5. The molecule has 3 aromatic carbocycles. The van der Waals surface area contributed by atoms with Gasteiger partial charge < -0.3 is 15.2 Å². The number of hydrogen-bond acceptors (Lipinski definition) is 3. The number of halogens is 4. The zero-order valence-electron chi connectivity index (χ0n) is 17.6. The largest absolute Gasteiger partial charge is 0.480 e. The van der Waals surface area contributed by atoms with E-state index in [0.29, 0.717) is 12.1 Å². The normalized spacial score (nSPS) is 13.6. The summed E-state index contributed by atoms with van der Waals surface area (Å²) in [6.07, 6.45) is -6.44. The molecule has 9 heteroatoms.